The zero-order chi connectivity index (χ0) is 11.4. The molecular formula is C11H19NO3. The standard InChI is InChI=1S/C11H19NO3/c1-8(13)15-10-6-4-5-9(7-10)11(14)12(2)3/h9-10H,4-7H2,1-3H3/t9-,10-/m0/s1. The predicted molar refractivity (Wildman–Crippen MR) is 56.2 cm³/mol. The molecule has 0 aromatic rings. The summed E-state index contributed by atoms with van der Waals surface area (Å²) < 4.78 is 5.14. The molecule has 0 saturated heterocycles. The van der Waals surface area contributed by atoms with Crippen molar-refractivity contribution in [2.24, 2.45) is 5.92 Å². The largest absolute Gasteiger partial charge is 0.463 e. The van der Waals surface area contributed by atoms with Gasteiger partial charge in [0.05, 0.1) is 0 Å². The van der Waals surface area contributed by atoms with Gasteiger partial charge in [0.25, 0.3) is 0 Å². The Hall–Kier alpha value is -1.06. The van der Waals surface area contributed by atoms with Crippen molar-refractivity contribution in [1.82, 2.24) is 4.90 Å². The van der Waals surface area contributed by atoms with E-state index in [-0.39, 0.29) is 23.9 Å². The Morgan fingerprint density at radius 1 is 1.27 bits per heavy atom. The minimum absolute atomic E-state index is 0.0260. The number of hydrogen-bond acceptors (Lipinski definition) is 3. The summed E-state index contributed by atoms with van der Waals surface area (Å²) in [6.07, 6.45) is 3.37. The van der Waals surface area contributed by atoms with Gasteiger partial charge in [-0.05, 0) is 25.7 Å². The van der Waals surface area contributed by atoms with Gasteiger partial charge in [0.1, 0.15) is 6.10 Å². The second-order valence-electron chi connectivity index (χ2n) is 4.33. The highest BCUT2D eigenvalue weighted by Crippen LogP contribution is 2.27. The summed E-state index contributed by atoms with van der Waals surface area (Å²) in [5, 5.41) is 0. The molecule has 0 heterocycles. The van der Waals surface area contributed by atoms with Crippen molar-refractivity contribution in [3.63, 3.8) is 0 Å². The molecule has 15 heavy (non-hydrogen) atoms. The third-order valence-corrected chi connectivity index (χ3v) is 2.75. The van der Waals surface area contributed by atoms with Gasteiger partial charge >= 0.3 is 5.97 Å². The molecule has 4 heteroatoms. The van der Waals surface area contributed by atoms with Gasteiger partial charge in [-0.2, -0.15) is 0 Å². The zero-order valence-corrected chi connectivity index (χ0v) is 9.66. The van der Waals surface area contributed by atoms with Crippen LogP contribution in [0, 0.1) is 5.92 Å². The number of ether oxygens (including phenoxy) is 1. The minimum atomic E-state index is -0.252. The van der Waals surface area contributed by atoms with E-state index in [4.69, 9.17) is 4.74 Å². The van der Waals surface area contributed by atoms with Crippen molar-refractivity contribution >= 4 is 11.9 Å². The average Bonchev–Trinajstić information content (AvgIpc) is 2.16. The number of carbonyl (C=O) groups excluding carboxylic acids is 2. The molecule has 1 aliphatic rings. The van der Waals surface area contributed by atoms with Gasteiger partial charge in [-0.25, -0.2) is 0 Å². The first-order chi connectivity index (χ1) is 7.00. The minimum Gasteiger partial charge on any atom is -0.463 e. The fourth-order valence-corrected chi connectivity index (χ4v) is 2.08. The monoisotopic (exact) mass is 213 g/mol. The molecule has 0 aliphatic heterocycles. The number of rotatable bonds is 2. The molecule has 1 aliphatic carbocycles. The van der Waals surface area contributed by atoms with Gasteiger partial charge in [0, 0.05) is 26.9 Å². The van der Waals surface area contributed by atoms with E-state index >= 15 is 0 Å². The third-order valence-electron chi connectivity index (χ3n) is 2.75. The van der Waals surface area contributed by atoms with Crippen LogP contribution < -0.4 is 0 Å². The van der Waals surface area contributed by atoms with Crippen molar-refractivity contribution in [2.45, 2.75) is 38.7 Å². The Labute approximate surface area is 90.6 Å². The van der Waals surface area contributed by atoms with Gasteiger partial charge in [-0.15, -0.1) is 0 Å². The highest BCUT2D eigenvalue weighted by molar-refractivity contribution is 5.78. The van der Waals surface area contributed by atoms with Gasteiger partial charge < -0.3 is 9.64 Å². The van der Waals surface area contributed by atoms with Crippen molar-refractivity contribution in [1.29, 1.82) is 0 Å². The van der Waals surface area contributed by atoms with Crippen molar-refractivity contribution < 1.29 is 14.3 Å². The molecule has 1 rings (SSSR count). The number of carbonyl (C=O) groups is 2. The van der Waals surface area contributed by atoms with Crippen LogP contribution in [0.3, 0.4) is 0 Å². The molecule has 0 N–H and O–H groups in total. The normalized spacial score (nSPS) is 25.8. The molecule has 0 unspecified atom stereocenters. The summed E-state index contributed by atoms with van der Waals surface area (Å²) in [6, 6.07) is 0. The fourth-order valence-electron chi connectivity index (χ4n) is 2.08. The van der Waals surface area contributed by atoms with E-state index in [1.165, 1.54) is 6.92 Å². The van der Waals surface area contributed by atoms with Crippen LogP contribution in [-0.2, 0) is 14.3 Å². The van der Waals surface area contributed by atoms with E-state index in [2.05, 4.69) is 0 Å². The first-order valence-corrected chi connectivity index (χ1v) is 5.39. The molecule has 1 saturated carbocycles. The molecule has 86 valence electrons. The summed E-state index contributed by atoms with van der Waals surface area (Å²) in [7, 11) is 3.52. The summed E-state index contributed by atoms with van der Waals surface area (Å²) in [6.45, 7) is 1.41. The van der Waals surface area contributed by atoms with Crippen LogP contribution in [0.4, 0.5) is 0 Å². The van der Waals surface area contributed by atoms with Crippen molar-refractivity contribution in [2.75, 3.05) is 14.1 Å². The summed E-state index contributed by atoms with van der Waals surface area (Å²) in [5.74, 6) is -0.0806. The molecule has 0 bridgehead atoms. The zero-order valence-electron chi connectivity index (χ0n) is 9.66. The van der Waals surface area contributed by atoms with Crippen LogP contribution in [0.1, 0.15) is 32.6 Å². The Balaban J connectivity index is 2.48. The summed E-state index contributed by atoms with van der Waals surface area (Å²) in [5.41, 5.74) is 0. The Kier molecular flexibility index (Phi) is 4.12. The highest BCUT2D eigenvalue weighted by Gasteiger charge is 2.29. The lowest BCUT2D eigenvalue weighted by atomic mass is 9.86. The maximum atomic E-state index is 11.7. The van der Waals surface area contributed by atoms with Crippen LogP contribution in [0.25, 0.3) is 0 Å². The van der Waals surface area contributed by atoms with E-state index in [1.54, 1.807) is 19.0 Å². The number of nitrogens with zero attached hydrogens (tertiary/aromatic N) is 1. The Bertz CT molecular complexity index is 250. The molecule has 2 atom stereocenters. The lowest BCUT2D eigenvalue weighted by molar-refractivity contribution is -0.151. The lowest BCUT2D eigenvalue weighted by Crippen LogP contribution is -2.35. The molecule has 1 fully saturated rings. The molecular weight excluding hydrogens is 194 g/mol. The van der Waals surface area contributed by atoms with Crippen LogP contribution in [-0.4, -0.2) is 37.0 Å². The number of amides is 1. The van der Waals surface area contributed by atoms with E-state index in [0.717, 1.165) is 19.3 Å². The Morgan fingerprint density at radius 3 is 2.47 bits per heavy atom. The van der Waals surface area contributed by atoms with Crippen LogP contribution in [0.15, 0.2) is 0 Å². The summed E-state index contributed by atoms with van der Waals surface area (Å²) >= 11 is 0. The van der Waals surface area contributed by atoms with Gasteiger partial charge in [-0.3, -0.25) is 9.59 Å². The number of esters is 1. The highest BCUT2D eigenvalue weighted by atomic mass is 16.5. The van der Waals surface area contributed by atoms with Crippen LogP contribution in [0.2, 0.25) is 0 Å². The molecule has 0 aromatic heterocycles. The molecule has 1 amide bonds. The smallest absolute Gasteiger partial charge is 0.302 e. The Morgan fingerprint density at radius 2 is 1.93 bits per heavy atom. The molecule has 0 spiro atoms. The SMILES string of the molecule is CC(=O)O[C@H]1CCC[C@H](C(=O)N(C)C)C1. The molecule has 0 radical (unpaired) electrons. The van der Waals surface area contributed by atoms with Crippen LogP contribution >= 0.6 is 0 Å². The summed E-state index contributed by atoms with van der Waals surface area (Å²) in [4.78, 5) is 24.1. The van der Waals surface area contributed by atoms with Crippen molar-refractivity contribution in [3.05, 3.63) is 0 Å². The maximum Gasteiger partial charge on any atom is 0.302 e. The topological polar surface area (TPSA) is 46.6 Å². The van der Waals surface area contributed by atoms with Gasteiger partial charge in [0.15, 0.2) is 0 Å². The van der Waals surface area contributed by atoms with Crippen LogP contribution in [0.5, 0.6) is 0 Å². The third kappa shape index (κ3) is 3.53. The van der Waals surface area contributed by atoms with Crippen molar-refractivity contribution in [3.8, 4) is 0 Å². The predicted octanol–water partition coefficient (Wildman–Crippen LogP) is 1.20. The molecule has 0 aromatic carbocycles. The van der Waals surface area contributed by atoms with E-state index in [9.17, 15) is 9.59 Å². The molecule has 4 nitrogen and oxygen atoms in total. The van der Waals surface area contributed by atoms with Gasteiger partial charge in [0.2, 0.25) is 5.91 Å². The second-order valence-corrected chi connectivity index (χ2v) is 4.33. The second kappa shape index (κ2) is 5.14. The maximum absolute atomic E-state index is 11.7. The van der Waals surface area contributed by atoms with Gasteiger partial charge in [-0.1, -0.05) is 0 Å². The quantitative estimate of drug-likeness (QED) is 0.647. The first-order valence-electron chi connectivity index (χ1n) is 5.39. The lowest BCUT2D eigenvalue weighted by Gasteiger charge is -2.29. The van der Waals surface area contributed by atoms with E-state index < -0.39 is 0 Å². The fraction of sp³-hybridized carbons (Fsp3) is 0.818. The van der Waals surface area contributed by atoms with E-state index in [0.29, 0.717) is 6.42 Å². The first kappa shape index (κ1) is 12.0. The van der Waals surface area contributed by atoms with E-state index in [1.807, 2.05) is 0 Å². The number of hydrogen-bond donors (Lipinski definition) is 0. The average molecular weight is 213 g/mol.